The van der Waals surface area contributed by atoms with E-state index in [2.05, 4.69) is 42.0 Å². The highest BCUT2D eigenvalue weighted by Crippen LogP contribution is 2.51. The largest absolute Gasteiger partial charge is 0.454 e. The van der Waals surface area contributed by atoms with E-state index in [1.807, 2.05) is 36.4 Å². The number of fused-ring (bicyclic) bond motifs is 2. The average Bonchev–Trinajstić information content (AvgIpc) is 3.45. The maximum Gasteiger partial charge on any atom is 0.235 e. The molecule has 1 aromatic heterocycles. The first-order valence-electron chi connectivity index (χ1n) is 13.9. The van der Waals surface area contributed by atoms with Gasteiger partial charge in [-0.1, -0.05) is 26.8 Å². The summed E-state index contributed by atoms with van der Waals surface area (Å²) in [6, 6.07) is 13.9. The van der Waals surface area contributed by atoms with Gasteiger partial charge in [0.05, 0.1) is 24.2 Å². The lowest BCUT2D eigenvalue weighted by Crippen LogP contribution is -2.51. The molecule has 1 saturated carbocycles. The summed E-state index contributed by atoms with van der Waals surface area (Å²) < 4.78 is 13.2. The molecule has 0 unspecified atom stereocenters. The second-order valence-corrected chi connectivity index (χ2v) is 12.3. The minimum absolute atomic E-state index is 0. The second kappa shape index (κ2) is 10.4. The van der Waals surface area contributed by atoms with Crippen LogP contribution in [0, 0.1) is 0 Å². The number of aryl methyl sites for hydroxylation is 1. The maximum atomic E-state index is 13.5. The summed E-state index contributed by atoms with van der Waals surface area (Å²) in [5, 5.41) is 25.8. The molecule has 2 heterocycles. The zero-order valence-electron chi connectivity index (χ0n) is 23.7. The first-order chi connectivity index (χ1) is 19.0. The molecular weight excluding hydrogens is 510 g/mol. The first-order valence-corrected chi connectivity index (χ1v) is 13.9. The van der Waals surface area contributed by atoms with Gasteiger partial charge in [0, 0.05) is 43.5 Å². The Morgan fingerprint density at radius 2 is 1.73 bits per heavy atom. The maximum absolute atomic E-state index is 13.5. The van der Waals surface area contributed by atoms with Gasteiger partial charge in [-0.25, -0.2) is 0 Å². The van der Waals surface area contributed by atoms with E-state index >= 15 is 0 Å². The van der Waals surface area contributed by atoms with Gasteiger partial charge < -0.3 is 34.9 Å². The third-order valence-corrected chi connectivity index (χ3v) is 7.96. The summed E-state index contributed by atoms with van der Waals surface area (Å²) in [5.74, 6) is 1.16. The number of benzene rings is 2. The molecule has 2 aliphatic rings. The van der Waals surface area contributed by atoms with E-state index in [0.717, 1.165) is 40.7 Å². The van der Waals surface area contributed by atoms with E-state index in [0.29, 0.717) is 24.5 Å². The Hall–Kier alpha value is -3.56. The molecule has 3 aromatic rings. The Balaban J connectivity index is 0.00000242. The third kappa shape index (κ3) is 5.40. The molecule has 4 N–H and O–H groups in total. The number of ether oxygens (including phenoxy) is 2. The van der Waals surface area contributed by atoms with Crippen molar-refractivity contribution < 1.29 is 32.1 Å². The van der Waals surface area contributed by atoms with Crippen LogP contribution in [0.25, 0.3) is 10.9 Å². The number of aliphatic hydroxyl groups is 2. The summed E-state index contributed by atoms with van der Waals surface area (Å²) in [6.07, 6.45) is 2.44. The van der Waals surface area contributed by atoms with Crippen molar-refractivity contribution in [3.8, 4) is 11.5 Å². The van der Waals surface area contributed by atoms with E-state index in [4.69, 9.17) is 9.47 Å². The van der Waals surface area contributed by atoms with Crippen molar-refractivity contribution in [3.63, 3.8) is 0 Å². The van der Waals surface area contributed by atoms with Crippen LogP contribution in [0.2, 0.25) is 0 Å². The second-order valence-electron chi connectivity index (χ2n) is 12.3. The SMILES string of the molecule is CC(CO)(CO)NC(=O)CCCn1c(C(C)(C)C)cc2cc(NC(=O)C3(c4ccc5c(c4)OCO5)CC3)ccc21.[HH].[HH]. The van der Waals surface area contributed by atoms with Crippen LogP contribution < -0.4 is 20.1 Å². The van der Waals surface area contributed by atoms with Gasteiger partial charge in [0.15, 0.2) is 11.5 Å². The van der Waals surface area contributed by atoms with Gasteiger partial charge in [-0.05, 0) is 68.1 Å². The number of nitrogens with zero attached hydrogens (tertiary/aromatic N) is 1. The van der Waals surface area contributed by atoms with Crippen LogP contribution in [0.4, 0.5) is 5.69 Å². The highest BCUT2D eigenvalue weighted by Gasteiger charge is 2.51. The number of anilines is 1. The number of hydrogen-bond acceptors (Lipinski definition) is 6. The Morgan fingerprint density at radius 3 is 2.40 bits per heavy atom. The van der Waals surface area contributed by atoms with E-state index in [1.165, 1.54) is 0 Å². The fourth-order valence-corrected chi connectivity index (χ4v) is 5.35. The zero-order valence-corrected chi connectivity index (χ0v) is 23.7. The molecule has 0 bridgehead atoms. The Labute approximate surface area is 237 Å². The van der Waals surface area contributed by atoms with E-state index in [9.17, 15) is 19.8 Å². The quantitative estimate of drug-likeness (QED) is 0.294. The summed E-state index contributed by atoms with van der Waals surface area (Å²) >= 11 is 0. The van der Waals surface area contributed by atoms with Crippen molar-refractivity contribution >= 4 is 28.4 Å². The van der Waals surface area contributed by atoms with Crippen LogP contribution in [-0.2, 0) is 27.0 Å². The van der Waals surface area contributed by atoms with E-state index < -0.39 is 11.0 Å². The van der Waals surface area contributed by atoms with Crippen LogP contribution in [0.3, 0.4) is 0 Å². The molecule has 1 aliphatic heterocycles. The predicted octanol–water partition coefficient (Wildman–Crippen LogP) is 4.47. The first kappa shape index (κ1) is 28.0. The number of carbonyl (C=O) groups is 2. The van der Waals surface area contributed by atoms with Crippen molar-refractivity contribution in [1.29, 1.82) is 0 Å². The molecule has 2 aromatic carbocycles. The number of aromatic nitrogens is 1. The van der Waals surface area contributed by atoms with Crippen molar-refractivity contribution in [2.45, 2.75) is 76.3 Å². The highest BCUT2D eigenvalue weighted by molar-refractivity contribution is 6.02. The standard InChI is InChI=1S/C31H39N3O6.2H2/c1-29(2,3)26-15-20-14-22(8-9-23(20)34(26)13-5-6-27(37)33-30(4,17-35)18-36)32-28(38)31(11-12-31)21-7-10-24-25(16-21)40-19-39-24;;/h7-10,14-16,35-36H,5-6,11-13,17-19H2,1-4H3,(H,32,38)(H,33,37);2*1H. The molecule has 0 radical (unpaired) electrons. The number of hydrogen-bond donors (Lipinski definition) is 4. The van der Waals surface area contributed by atoms with Gasteiger partial charge in [-0.3, -0.25) is 9.59 Å². The topological polar surface area (TPSA) is 122 Å². The predicted molar refractivity (Wildman–Crippen MR) is 157 cm³/mol. The Bertz CT molecular complexity index is 1440. The Kier molecular flexibility index (Phi) is 7.31. The molecule has 9 nitrogen and oxygen atoms in total. The lowest BCUT2D eigenvalue weighted by molar-refractivity contribution is -0.124. The summed E-state index contributed by atoms with van der Waals surface area (Å²) in [7, 11) is 0. The highest BCUT2D eigenvalue weighted by atomic mass is 16.7. The van der Waals surface area contributed by atoms with Crippen LogP contribution in [0.1, 0.15) is 67.5 Å². The minimum atomic E-state index is -1.03. The van der Waals surface area contributed by atoms with Crippen molar-refractivity contribution in [1.82, 2.24) is 9.88 Å². The molecule has 1 fully saturated rings. The minimum Gasteiger partial charge on any atom is -0.454 e. The van der Waals surface area contributed by atoms with Gasteiger partial charge in [0.25, 0.3) is 0 Å². The van der Waals surface area contributed by atoms with Crippen molar-refractivity contribution in [2.75, 3.05) is 25.3 Å². The summed E-state index contributed by atoms with van der Waals surface area (Å²) in [6.45, 7) is 8.25. The zero-order chi connectivity index (χ0) is 28.7. The van der Waals surface area contributed by atoms with Crippen LogP contribution in [-0.4, -0.2) is 52.1 Å². The molecule has 5 rings (SSSR count). The molecule has 9 heteroatoms. The van der Waals surface area contributed by atoms with Crippen LogP contribution >= 0.6 is 0 Å². The number of nitrogens with one attached hydrogen (secondary N) is 2. The molecule has 40 heavy (non-hydrogen) atoms. The van der Waals surface area contributed by atoms with E-state index in [1.54, 1.807) is 6.92 Å². The average molecular weight is 554 g/mol. The summed E-state index contributed by atoms with van der Waals surface area (Å²) in [4.78, 5) is 25.9. The smallest absolute Gasteiger partial charge is 0.235 e. The lowest BCUT2D eigenvalue weighted by atomic mass is 9.92. The van der Waals surface area contributed by atoms with Gasteiger partial charge in [-0.2, -0.15) is 0 Å². The molecular formula is C31H43N3O6. The van der Waals surface area contributed by atoms with E-state index in [-0.39, 0.29) is 46.5 Å². The molecule has 2 amide bonds. The Morgan fingerprint density at radius 1 is 1.00 bits per heavy atom. The fourth-order valence-electron chi connectivity index (χ4n) is 5.35. The number of aliphatic hydroxyl groups excluding tert-OH is 2. The lowest BCUT2D eigenvalue weighted by Gasteiger charge is -2.26. The molecule has 218 valence electrons. The monoisotopic (exact) mass is 553 g/mol. The molecule has 1 aliphatic carbocycles. The number of carbonyl (C=O) groups excluding carboxylic acids is 2. The van der Waals surface area contributed by atoms with Crippen LogP contribution in [0.15, 0.2) is 42.5 Å². The number of rotatable bonds is 10. The molecule has 0 saturated heterocycles. The van der Waals surface area contributed by atoms with Crippen molar-refractivity contribution in [3.05, 3.63) is 53.7 Å². The van der Waals surface area contributed by atoms with Gasteiger partial charge in [-0.15, -0.1) is 0 Å². The fraction of sp³-hybridized carbons (Fsp3) is 0.484. The van der Waals surface area contributed by atoms with Crippen LogP contribution in [0.5, 0.6) is 11.5 Å². The van der Waals surface area contributed by atoms with Crippen molar-refractivity contribution in [2.24, 2.45) is 0 Å². The summed E-state index contributed by atoms with van der Waals surface area (Å²) in [5.41, 5.74) is 2.15. The van der Waals surface area contributed by atoms with Gasteiger partial charge in [0.2, 0.25) is 18.6 Å². The normalized spacial score (nSPS) is 15.8. The third-order valence-electron chi connectivity index (χ3n) is 7.96. The van der Waals surface area contributed by atoms with Gasteiger partial charge >= 0.3 is 0 Å². The number of amides is 2. The molecule has 0 atom stereocenters. The van der Waals surface area contributed by atoms with Gasteiger partial charge in [0.1, 0.15) is 0 Å². The molecule has 0 spiro atoms.